The van der Waals surface area contributed by atoms with Crippen molar-refractivity contribution in [3.8, 4) is 67.2 Å². The van der Waals surface area contributed by atoms with E-state index in [2.05, 4.69) is 237 Å². The highest BCUT2D eigenvalue weighted by Crippen LogP contribution is 2.44. The van der Waals surface area contributed by atoms with Gasteiger partial charge in [0, 0.05) is 33.7 Å². The van der Waals surface area contributed by atoms with Crippen LogP contribution in [0.1, 0.15) is 79.0 Å². The van der Waals surface area contributed by atoms with Crippen LogP contribution in [0, 0.1) is 0 Å². The molecular formula is C62H57N3. The first-order valence-corrected chi connectivity index (χ1v) is 23.0. The van der Waals surface area contributed by atoms with Crippen LogP contribution in [0.5, 0.6) is 0 Å². The van der Waals surface area contributed by atoms with Gasteiger partial charge in [-0.25, -0.2) is 4.98 Å². The van der Waals surface area contributed by atoms with Crippen molar-refractivity contribution in [1.29, 1.82) is 0 Å². The minimum atomic E-state index is -0.114. The lowest BCUT2D eigenvalue weighted by Crippen LogP contribution is -2.11. The number of aromatic amines is 1. The minimum absolute atomic E-state index is 0.00804. The molecule has 1 N–H and O–H groups in total. The van der Waals surface area contributed by atoms with E-state index in [9.17, 15) is 0 Å². The van der Waals surface area contributed by atoms with Crippen LogP contribution in [-0.2, 0) is 16.2 Å². The van der Waals surface area contributed by atoms with Gasteiger partial charge in [0.25, 0.3) is 0 Å². The van der Waals surface area contributed by atoms with Crippen LogP contribution in [-0.4, -0.2) is 15.0 Å². The monoisotopic (exact) mass is 843 g/mol. The molecule has 0 amide bonds. The fourth-order valence-corrected chi connectivity index (χ4v) is 9.13. The normalized spacial score (nSPS) is 12.4. The molecule has 0 atom stereocenters. The molecule has 7 aromatic carbocycles. The van der Waals surface area contributed by atoms with Crippen molar-refractivity contribution in [3.05, 3.63) is 193 Å². The summed E-state index contributed by atoms with van der Waals surface area (Å²) < 4.78 is 0. The number of hydrogen-bond donors (Lipinski definition) is 1. The third-order valence-corrected chi connectivity index (χ3v) is 13.1. The van der Waals surface area contributed by atoms with E-state index in [1.54, 1.807) is 0 Å². The van der Waals surface area contributed by atoms with Crippen molar-refractivity contribution < 1.29 is 0 Å². The van der Waals surface area contributed by atoms with Crippen LogP contribution in [0.3, 0.4) is 0 Å². The summed E-state index contributed by atoms with van der Waals surface area (Å²) in [6.07, 6.45) is 1.96. The molecule has 320 valence electrons. The second-order valence-corrected chi connectivity index (χ2v) is 20.9. The highest BCUT2D eigenvalue weighted by atomic mass is 14.8. The summed E-state index contributed by atoms with van der Waals surface area (Å²) in [5.41, 5.74) is 18.9. The molecule has 0 spiro atoms. The molecule has 0 saturated carbocycles. The van der Waals surface area contributed by atoms with Gasteiger partial charge in [0.15, 0.2) is 0 Å². The van der Waals surface area contributed by atoms with Gasteiger partial charge < -0.3 is 4.98 Å². The van der Waals surface area contributed by atoms with Gasteiger partial charge in [-0.2, -0.15) is 0 Å². The maximum atomic E-state index is 5.56. The SMILES string of the molecule is CC(C)(C)c1cccc(-c2cc(-c3ccccc3)cc(-c3cc(C(C)(C)C)cc4c3[nH]c3c(-c5cc(-c6ccc7cc(-c8ccccc8)ccc7c6)ccn5)cc(C(C)(C)C)cc34)n2)c1. The van der Waals surface area contributed by atoms with Crippen molar-refractivity contribution in [1.82, 2.24) is 15.0 Å². The number of nitrogens with zero attached hydrogens (tertiary/aromatic N) is 2. The second kappa shape index (κ2) is 15.9. The van der Waals surface area contributed by atoms with Crippen LogP contribution >= 0.6 is 0 Å². The lowest BCUT2D eigenvalue weighted by atomic mass is 9.83. The van der Waals surface area contributed by atoms with Crippen molar-refractivity contribution >= 4 is 32.6 Å². The third-order valence-electron chi connectivity index (χ3n) is 13.1. The lowest BCUT2D eigenvalue weighted by Gasteiger charge is -2.22. The number of H-pyrrole nitrogens is 1. The molecule has 10 rings (SSSR count). The average Bonchev–Trinajstić information content (AvgIpc) is 3.69. The zero-order valence-electron chi connectivity index (χ0n) is 39.1. The molecule has 0 saturated heterocycles. The van der Waals surface area contributed by atoms with E-state index in [4.69, 9.17) is 9.97 Å². The Bertz CT molecular complexity index is 3410. The van der Waals surface area contributed by atoms with Crippen LogP contribution in [0.2, 0.25) is 0 Å². The first-order chi connectivity index (χ1) is 31.1. The van der Waals surface area contributed by atoms with Gasteiger partial charge >= 0.3 is 0 Å². The fraction of sp³-hybridized carbons (Fsp3) is 0.194. The Balaban J connectivity index is 1.18. The van der Waals surface area contributed by atoms with Gasteiger partial charge in [0.2, 0.25) is 0 Å². The molecule has 0 fully saturated rings. The molecule has 0 radical (unpaired) electrons. The molecule has 3 heteroatoms. The molecule has 3 aromatic heterocycles. The summed E-state index contributed by atoms with van der Waals surface area (Å²) in [4.78, 5) is 14.7. The first-order valence-electron chi connectivity index (χ1n) is 23.0. The van der Waals surface area contributed by atoms with Gasteiger partial charge in [0.1, 0.15) is 0 Å². The van der Waals surface area contributed by atoms with E-state index in [1.165, 1.54) is 54.9 Å². The van der Waals surface area contributed by atoms with E-state index in [1.807, 2.05) is 6.20 Å². The predicted molar refractivity (Wildman–Crippen MR) is 278 cm³/mol. The number of pyridine rings is 2. The first kappa shape index (κ1) is 41.9. The largest absolute Gasteiger partial charge is 0.353 e. The number of benzene rings is 7. The zero-order valence-corrected chi connectivity index (χ0v) is 39.1. The minimum Gasteiger partial charge on any atom is -0.353 e. The lowest BCUT2D eigenvalue weighted by molar-refractivity contribution is 0.590. The van der Waals surface area contributed by atoms with E-state index >= 15 is 0 Å². The summed E-state index contributed by atoms with van der Waals surface area (Å²) in [6.45, 7) is 20.6. The molecule has 10 aromatic rings. The Kier molecular flexibility index (Phi) is 10.2. The smallest absolute Gasteiger partial charge is 0.0736 e. The van der Waals surface area contributed by atoms with Crippen molar-refractivity contribution in [3.63, 3.8) is 0 Å². The van der Waals surface area contributed by atoms with Crippen molar-refractivity contribution in [2.45, 2.75) is 78.6 Å². The number of hydrogen-bond acceptors (Lipinski definition) is 2. The van der Waals surface area contributed by atoms with E-state index in [-0.39, 0.29) is 16.2 Å². The Hall–Kier alpha value is -7.10. The summed E-state index contributed by atoms with van der Waals surface area (Å²) in [5.74, 6) is 0. The Labute approximate surface area is 384 Å². The van der Waals surface area contributed by atoms with Crippen LogP contribution < -0.4 is 0 Å². The number of nitrogens with one attached hydrogen (secondary N) is 1. The maximum absolute atomic E-state index is 5.56. The number of rotatable bonds is 6. The molecule has 0 aliphatic heterocycles. The van der Waals surface area contributed by atoms with Crippen molar-refractivity contribution in [2.75, 3.05) is 0 Å². The summed E-state index contributed by atoms with van der Waals surface area (Å²) >= 11 is 0. The van der Waals surface area contributed by atoms with E-state index < -0.39 is 0 Å². The van der Waals surface area contributed by atoms with Crippen LogP contribution in [0.15, 0.2) is 176 Å². The highest BCUT2D eigenvalue weighted by Gasteiger charge is 2.25. The average molecular weight is 844 g/mol. The third kappa shape index (κ3) is 8.17. The highest BCUT2D eigenvalue weighted by molar-refractivity contribution is 6.16. The Morgan fingerprint density at radius 1 is 0.338 bits per heavy atom. The molecule has 0 aliphatic carbocycles. The predicted octanol–water partition coefficient (Wildman–Crippen LogP) is 17.2. The maximum Gasteiger partial charge on any atom is 0.0736 e. The summed E-state index contributed by atoms with van der Waals surface area (Å²) in [7, 11) is 0. The fourth-order valence-electron chi connectivity index (χ4n) is 9.13. The van der Waals surface area contributed by atoms with Crippen LogP contribution in [0.4, 0.5) is 0 Å². The molecule has 65 heavy (non-hydrogen) atoms. The Morgan fingerprint density at radius 3 is 1.38 bits per heavy atom. The molecule has 3 heterocycles. The van der Waals surface area contributed by atoms with Gasteiger partial charge in [0.05, 0.1) is 28.1 Å². The standard InChI is InChI=1S/C62H57N3/c1-60(2,3)48-22-16-21-46(31-48)55-33-47(40-19-14-11-15-20-40)34-57(64-55)54-38-50(62(7,8)9)36-52-51-35-49(61(4,5)6)37-53(58(51)65-59(52)54)56-32-45(27-28-63-56)44-26-25-42-29-41(23-24-43(42)30-44)39-17-12-10-13-18-39/h10-38,65H,1-9H3. The second-order valence-electron chi connectivity index (χ2n) is 20.9. The van der Waals surface area contributed by atoms with Crippen molar-refractivity contribution in [2.24, 2.45) is 0 Å². The van der Waals surface area contributed by atoms with E-state index in [0.29, 0.717) is 0 Å². The van der Waals surface area contributed by atoms with Gasteiger partial charge in [-0.15, -0.1) is 0 Å². The summed E-state index contributed by atoms with van der Waals surface area (Å²) in [6, 6.07) is 62.2. The Morgan fingerprint density at radius 2 is 0.815 bits per heavy atom. The number of fused-ring (bicyclic) bond motifs is 4. The number of aromatic nitrogens is 3. The van der Waals surface area contributed by atoms with Gasteiger partial charge in [-0.1, -0.05) is 165 Å². The van der Waals surface area contributed by atoms with Gasteiger partial charge in [-0.05, 0) is 144 Å². The molecule has 3 nitrogen and oxygen atoms in total. The van der Waals surface area contributed by atoms with Crippen LogP contribution in [0.25, 0.3) is 99.7 Å². The molecular weight excluding hydrogens is 787 g/mol. The summed E-state index contributed by atoms with van der Waals surface area (Å²) in [5, 5.41) is 4.82. The van der Waals surface area contributed by atoms with E-state index in [0.717, 1.165) is 61.5 Å². The zero-order chi connectivity index (χ0) is 45.3. The molecule has 0 unspecified atom stereocenters. The molecule has 0 bridgehead atoms. The quantitative estimate of drug-likeness (QED) is 0.181. The van der Waals surface area contributed by atoms with Gasteiger partial charge in [-0.3, -0.25) is 4.98 Å². The topological polar surface area (TPSA) is 41.6 Å². The molecule has 0 aliphatic rings.